The zero-order valence-electron chi connectivity index (χ0n) is 34.0. The number of rotatable bonds is 6. The van der Waals surface area contributed by atoms with Crippen LogP contribution in [0.4, 0.5) is 0 Å². The maximum absolute atomic E-state index is 9.62. The Morgan fingerprint density at radius 1 is 0.508 bits per heavy atom. The zero-order valence-corrected chi connectivity index (χ0v) is 34.0. The van der Waals surface area contributed by atoms with E-state index >= 15 is 0 Å². The van der Waals surface area contributed by atoms with Crippen molar-refractivity contribution < 1.29 is 4.42 Å². The van der Waals surface area contributed by atoms with Crippen LogP contribution in [-0.2, 0) is 0 Å². The smallest absolute Gasteiger partial charge is 0.157 e. The molecule has 0 saturated heterocycles. The standard InChI is InChI=1S/C55H51N3O/c1-36(51-44-24-10-12-26-46(44)52(47-27-13-11-25-45(47)51)40-33-31-39(32-34-40)37-17-4-2-5-18-37)57-55(42-22-9-8-21-41(35-42)38-19-6-3-7-20-38)58-54(56)49-29-16-28-48-43-23-14-15-30-50(43)59-53(48)49/h2,4-5,10-18,23-34,38,41-42,56H,3,6-9,19-22,35H2,1H3/b56-54?,57-36+,58-55-. The summed E-state index contributed by atoms with van der Waals surface area (Å²) in [6.45, 7) is 2.16. The summed E-state index contributed by atoms with van der Waals surface area (Å²) in [4.78, 5) is 10.9. The van der Waals surface area contributed by atoms with Crippen LogP contribution < -0.4 is 0 Å². The van der Waals surface area contributed by atoms with Crippen LogP contribution in [0.2, 0.25) is 0 Å². The second-order valence-electron chi connectivity index (χ2n) is 17.0. The van der Waals surface area contributed by atoms with E-state index < -0.39 is 0 Å². The SMILES string of the molecule is C/C(=N\C(=N/C(=N)c1cccc2c1oc1ccccc12)C1CCCCC(C2CCCCC2)C1)c1c2ccccc2c(-c2ccc(-c3ccccc3)cc2)c2ccccc12. The van der Waals surface area contributed by atoms with Crippen LogP contribution in [0.25, 0.3) is 65.7 Å². The number of benzene rings is 7. The van der Waals surface area contributed by atoms with E-state index in [1.54, 1.807) is 0 Å². The van der Waals surface area contributed by atoms with Gasteiger partial charge in [0.05, 0.1) is 5.56 Å². The fraction of sp³-hybridized carbons (Fsp3) is 0.255. The lowest BCUT2D eigenvalue weighted by molar-refractivity contribution is 0.219. The molecule has 0 spiro atoms. The lowest BCUT2D eigenvalue weighted by Crippen LogP contribution is -2.23. The van der Waals surface area contributed by atoms with Gasteiger partial charge in [-0.05, 0) is 87.5 Å². The molecule has 2 saturated carbocycles. The second-order valence-corrected chi connectivity index (χ2v) is 17.0. The molecule has 4 nitrogen and oxygen atoms in total. The van der Waals surface area contributed by atoms with Gasteiger partial charge in [-0.15, -0.1) is 0 Å². The molecule has 2 aliphatic carbocycles. The van der Waals surface area contributed by atoms with Gasteiger partial charge in [-0.25, -0.2) is 9.98 Å². The predicted octanol–water partition coefficient (Wildman–Crippen LogP) is 15.2. The Bertz CT molecular complexity index is 2820. The number of hydrogen-bond donors (Lipinski definition) is 1. The van der Waals surface area contributed by atoms with Gasteiger partial charge in [-0.1, -0.05) is 185 Å². The monoisotopic (exact) mass is 769 g/mol. The fourth-order valence-electron chi connectivity index (χ4n) is 10.5. The van der Waals surface area contributed by atoms with Crippen molar-refractivity contribution in [1.29, 1.82) is 5.41 Å². The van der Waals surface area contributed by atoms with Crippen LogP contribution in [-0.4, -0.2) is 17.4 Å². The molecule has 1 aromatic heterocycles. The van der Waals surface area contributed by atoms with Gasteiger partial charge in [0.1, 0.15) is 17.0 Å². The largest absolute Gasteiger partial charge is 0.455 e. The highest BCUT2D eigenvalue weighted by atomic mass is 16.3. The molecule has 0 radical (unpaired) electrons. The first kappa shape index (κ1) is 37.2. The molecule has 10 rings (SSSR count). The molecule has 2 unspecified atom stereocenters. The van der Waals surface area contributed by atoms with Crippen molar-refractivity contribution in [2.24, 2.45) is 27.7 Å². The van der Waals surface area contributed by atoms with Crippen molar-refractivity contribution in [3.63, 3.8) is 0 Å². The van der Waals surface area contributed by atoms with E-state index in [2.05, 4.69) is 122 Å². The van der Waals surface area contributed by atoms with Crippen LogP contribution >= 0.6 is 0 Å². The van der Waals surface area contributed by atoms with Crippen LogP contribution in [0.15, 0.2) is 160 Å². The third-order valence-corrected chi connectivity index (χ3v) is 13.4. The van der Waals surface area contributed by atoms with Crippen molar-refractivity contribution in [3.05, 3.63) is 157 Å². The molecule has 292 valence electrons. The van der Waals surface area contributed by atoms with Crippen molar-refractivity contribution in [2.45, 2.75) is 71.1 Å². The van der Waals surface area contributed by atoms with E-state index in [1.165, 1.54) is 88.7 Å². The van der Waals surface area contributed by atoms with Gasteiger partial charge in [-0.2, -0.15) is 0 Å². The highest BCUT2D eigenvalue weighted by Gasteiger charge is 2.31. The minimum Gasteiger partial charge on any atom is -0.455 e. The van der Waals surface area contributed by atoms with Crippen LogP contribution in [0.5, 0.6) is 0 Å². The average Bonchev–Trinajstić information content (AvgIpc) is 3.49. The van der Waals surface area contributed by atoms with Crippen LogP contribution in [0.3, 0.4) is 0 Å². The van der Waals surface area contributed by atoms with Crippen LogP contribution in [0, 0.1) is 23.2 Å². The Balaban J connectivity index is 1.12. The molecule has 2 fully saturated rings. The lowest BCUT2D eigenvalue weighted by atomic mass is 9.75. The fourth-order valence-corrected chi connectivity index (χ4v) is 10.5. The number of furan rings is 1. The lowest BCUT2D eigenvalue weighted by Gasteiger charge is -2.31. The molecule has 8 aromatic rings. The van der Waals surface area contributed by atoms with E-state index in [0.717, 1.165) is 58.6 Å². The summed E-state index contributed by atoms with van der Waals surface area (Å²) in [7, 11) is 0. The maximum atomic E-state index is 9.62. The number of nitrogens with one attached hydrogen (secondary N) is 1. The number of aliphatic imine (C=N–C) groups is 2. The van der Waals surface area contributed by atoms with E-state index in [1.807, 2.05) is 30.3 Å². The molecule has 1 N–H and O–H groups in total. The topological polar surface area (TPSA) is 61.7 Å². The summed E-state index contributed by atoms with van der Waals surface area (Å²) < 4.78 is 6.43. The summed E-state index contributed by atoms with van der Waals surface area (Å²) in [5.74, 6) is 2.63. The molecule has 4 heteroatoms. The Kier molecular flexibility index (Phi) is 10.2. The maximum Gasteiger partial charge on any atom is 0.157 e. The summed E-state index contributed by atoms with van der Waals surface area (Å²) >= 11 is 0. The Labute approximate surface area is 347 Å². The van der Waals surface area contributed by atoms with Gasteiger partial charge < -0.3 is 4.42 Å². The highest BCUT2D eigenvalue weighted by molar-refractivity contribution is 6.27. The molecular formula is C55H51N3O. The molecule has 0 amide bonds. The molecule has 7 aromatic carbocycles. The minimum atomic E-state index is 0.175. The number of amidine groups is 2. The zero-order chi connectivity index (χ0) is 39.7. The van der Waals surface area contributed by atoms with Gasteiger partial charge in [0.15, 0.2) is 5.84 Å². The van der Waals surface area contributed by atoms with Gasteiger partial charge >= 0.3 is 0 Å². The van der Waals surface area contributed by atoms with E-state index in [9.17, 15) is 5.41 Å². The molecule has 1 heterocycles. The van der Waals surface area contributed by atoms with E-state index in [4.69, 9.17) is 14.4 Å². The van der Waals surface area contributed by atoms with Crippen LogP contribution in [0.1, 0.15) is 82.3 Å². The molecule has 2 atom stereocenters. The molecule has 2 aliphatic rings. The first-order chi connectivity index (χ1) is 29.1. The molecule has 0 bridgehead atoms. The number of nitrogens with zero attached hydrogens (tertiary/aromatic N) is 2. The Hall–Kier alpha value is -6.13. The minimum absolute atomic E-state index is 0.175. The number of hydrogen-bond acceptors (Lipinski definition) is 2. The Morgan fingerprint density at radius 3 is 1.80 bits per heavy atom. The third-order valence-electron chi connectivity index (χ3n) is 13.4. The summed E-state index contributed by atoms with van der Waals surface area (Å²) in [6, 6.07) is 51.5. The van der Waals surface area contributed by atoms with Gasteiger partial charge in [-0.3, -0.25) is 5.41 Å². The van der Waals surface area contributed by atoms with Crippen molar-refractivity contribution in [3.8, 4) is 22.3 Å². The van der Waals surface area contributed by atoms with Gasteiger partial charge in [0.2, 0.25) is 0 Å². The predicted molar refractivity (Wildman–Crippen MR) is 249 cm³/mol. The highest BCUT2D eigenvalue weighted by Crippen LogP contribution is 2.42. The second kappa shape index (κ2) is 16.3. The van der Waals surface area contributed by atoms with Crippen molar-refractivity contribution in [1.82, 2.24) is 0 Å². The number of fused-ring (bicyclic) bond motifs is 5. The normalized spacial score (nSPS) is 18.5. The summed E-state index contributed by atoms with van der Waals surface area (Å²) in [6.07, 6.45) is 12.6. The quantitative estimate of drug-likeness (QED) is 0.0778. The average molecular weight is 770 g/mol. The summed E-state index contributed by atoms with van der Waals surface area (Å²) in [5, 5.41) is 16.5. The Morgan fingerprint density at radius 2 is 1.07 bits per heavy atom. The molecular weight excluding hydrogens is 719 g/mol. The number of para-hydroxylation sites is 2. The molecule has 0 aliphatic heterocycles. The molecule has 59 heavy (non-hydrogen) atoms. The van der Waals surface area contributed by atoms with Crippen molar-refractivity contribution >= 4 is 60.9 Å². The van der Waals surface area contributed by atoms with Crippen molar-refractivity contribution in [2.75, 3.05) is 0 Å². The third kappa shape index (κ3) is 7.20. The van der Waals surface area contributed by atoms with E-state index in [-0.39, 0.29) is 11.8 Å². The van der Waals surface area contributed by atoms with E-state index in [0.29, 0.717) is 17.1 Å². The summed E-state index contributed by atoms with van der Waals surface area (Å²) in [5.41, 5.74) is 9.19. The first-order valence-corrected chi connectivity index (χ1v) is 21.8. The van der Waals surface area contributed by atoms with Gasteiger partial charge in [0, 0.05) is 28.0 Å². The van der Waals surface area contributed by atoms with Gasteiger partial charge in [0.25, 0.3) is 0 Å². The first-order valence-electron chi connectivity index (χ1n) is 21.8.